The van der Waals surface area contributed by atoms with Crippen molar-refractivity contribution in [2.75, 3.05) is 0 Å². The lowest BCUT2D eigenvalue weighted by Gasteiger charge is -2.32. The SMILES string of the molecule is C=C=C=C=C=C=C=C=C=C=C=C=C=C=C=C=C=C=C=C=C=C=C=C=C=C=C=C=C=C=C=C=C=C=C=C(OC(=C)CCC(C)(c1ccc(OC(=C)C)cc1)c1ccc(OC(C)=O)cc1)OC(=O)CCC(C)(c1ccc(OC(C)=O)cc1)c1ccc(OC(C)=O)cc1. The third-order valence-corrected chi connectivity index (χ3v) is 11.4. The molecule has 90 heavy (non-hydrogen) atoms. The number of hydrogen-bond donors (Lipinski definition) is 0. The molecule has 0 radical (unpaired) electrons. The molecule has 428 valence electrons. The molecule has 0 saturated carbocycles. The van der Waals surface area contributed by atoms with Gasteiger partial charge in [-0.05, 0) is 189 Å². The predicted octanol–water partition coefficient (Wildman–Crippen LogP) is 15.1. The molecule has 0 saturated heterocycles. The molecule has 0 bridgehead atoms. The van der Waals surface area contributed by atoms with Gasteiger partial charge in [0.05, 0.1) is 5.76 Å². The van der Waals surface area contributed by atoms with Gasteiger partial charge in [-0.25, -0.2) is 0 Å². The standard InChI is InChI=1S/C80H48O10/c1-10-11-12-13-14-15-16-17-18-19-20-21-22-23-24-25-26-27-28-29-30-31-32-33-34-35-36-37-38-39-40-41-42-43-78(86-65(4)60-62-79(8,69-44-52-73(53-45-69)85-64(2)3)70-46-54-74(55-47-70)87-66(5)81)90-77(84)61-63-80(9,71-48-56-75(57-49-71)88-67(6)82)72-50-58-76(59-51-72)89-68(7)83/h44-59H,1-2,4,60-63H2,3,5-9H3. The van der Waals surface area contributed by atoms with Gasteiger partial charge in [-0.15, -0.1) is 0 Å². The molecule has 4 aromatic carbocycles. The lowest BCUT2D eigenvalue weighted by Crippen LogP contribution is -2.25. The lowest BCUT2D eigenvalue weighted by molar-refractivity contribution is -0.144. The van der Waals surface area contributed by atoms with E-state index in [1.165, 1.54) is 20.8 Å². The Hall–Kier alpha value is -13.9. The van der Waals surface area contributed by atoms with Gasteiger partial charge in [0, 0.05) is 142 Å². The molecular formula is C80H48O10. The number of carbonyl (C=O) groups is 4. The van der Waals surface area contributed by atoms with Crippen molar-refractivity contribution in [3.05, 3.63) is 351 Å². The van der Waals surface area contributed by atoms with Crippen LogP contribution in [0.2, 0.25) is 0 Å². The minimum atomic E-state index is -0.831. The maximum Gasteiger partial charge on any atom is 0.349 e. The van der Waals surface area contributed by atoms with Crippen LogP contribution in [0.3, 0.4) is 0 Å². The molecule has 0 N–H and O–H groups in total. The number of carbonyl (C=O) groups excluding carboxylic acids is 4. The summed E-state index contributed by atoms with van der Waals surface area (Å²) in [5, 5.41) is 0. The summed E-state index contributed by atoms with van der Waals surface area (Å²) in [5.74, 6) is -0.0398. The normalized spacial score (nSPS) is 8.96. The van der Waals surface area contributed by atoms with E-state index in [9.17, 15) is 19.2 Å². The fraction of sp³-hybridized carbons (Fsp3) is 0.150. The van der Waals surface area contributed by atoms with E-state index in [0.717, 1.165) is 22.3 Å². The van der Waals surface area contributed by atoms with Gasteiger partial charge in [0.15, 0.2) is 0 Å². The fourth-order valence-corrected chi connectivity index (χ4v) is 7.39. The minimum absolute atomic E-state index is 0.141. The van der Waals surface area contributed by atoms with Crippen molar-refractivity contribution in [1.82, 2.24) is 0 Å². The monoisotopic (exact) mass is 1170 g/mol. The Kier molecular flexibility index (Phi) is 29.6. The van der Waals surface area contributed by atoms with E-state index >= 15 is 0 Å². The molecular weight excluding hydrogens is 1120 g/mol. The van der Waals surface area contributed by atoms with Gasteiger partial charge in [-0.1, -0.05) is 81.3 Å². The van der Waals surface area contributed by atoms with Gasteiger partial charge in [0.2, 0.25) is 0 Å². The van der Waals surface area contributed by atoms with Crippen molar-refractivity contribution in [2.24, 2.45) is 0 Å². The highest BCUT2D eigenvalue weighted by molar-refractivity contribution is 5.71. The van der Waals surface area contributed by atoms with Crippen LogP contribution in [0.4, 0.5) is 0 Å². The Morgan fingerprint density at radius 2 is 0.589 bits per heavy atom. The van der Waals surface area contributed by atoms with E-state index in [-0.39, 0.29) is 31.0 Å². The second kappa shape index (κ2) is 38.8. The Morgan fingerprint density at radius 3 is 0.844 bits per heavy atom. The molecule has 4 aromatic rings. The van der Waals surface area contributed by atoms with Gasteiger partial charge in [-0.3, -0.25) is 19.2 Å². The molecule has 4 rings (SSSR count). The molecule has 1 atom stereocenters. The highest BCUT2D eigenvalue weighted by Gasteiger charge is 2.32. The highest BCUT2D eigenvalue weighted by atomic mass is 16.7. The molecule has 0 fully saturated rings. The molecule has 0 aliphatic heterocycles. The molecule has 10 heteroatoms. The molecule has 0 aliphatic rings. The number of allylic oxidation sites excluding steroid dienone is 2. The van der Waals surface area contributed by atoms with Crippen LogP contribution in [0.1, 0.15) is 89.5 Å². The van der Waals surface area contributed by atoms with E-state index in [0.29, 0.717) is 35.2 Å². The van der Waals surface area contributed by atoms with Crippen molar-refractivity contribution >= 4 is 23.9 Å². The summed E-state index contributed by atoms with van der Waals surface area (Å²) >= 11 is 0. The molecule has 10 nitrogen and oxygen atoms in total. The van der Waals surface area contributed by atoms with Crippen molar-refractivity contribution in [2.45, 2.75) is 78.1 Å². The third kappa shape index (κ3) is 27.0. The Morgan fingerprint density at radius 1 is 0.344 bits per heavy atom. The van der Waals surface area contributed by atoms with E-state index in [2.05, 4.69) is 222 Å². The largest absolute Gasteiger partial charge is 0.463 e. The summed E-state index contributed by atoms with van der Waals surface area (Å²) in [7, 11) is 0. The van der Waals surface area contributed by atoms with E-state index < -0.39 is 34.7 Å². The van der Waals surface area contributed by atoms with Crippen molar-refractivity contribution in [3.8, 4) is 23.0 Å². The smallest absolute Gasteiger partial charge is 0.349 e. The second-order valence-corrected chi connectivity index (χ2v) is 18.1. The number of rotatable bonds is 18. The summed E-state index contributed by atoms with van der Waals surface area (Å²) < 4.78 is 33.5. The first-order valence-corrected chi connectivity index (χ1v) is 26.5. The zero-order chi connectivity index (χ0) is 65.1. The first-order valence-electron chi connectivity index (χ1n) is 26.5. The fourth-order valence-electron chi connectivity index (χ4n) is 7.39. The minimum Gasteiger partial charge on any atom is -0.463 e. The van der Waals surface area contributed by atoms with Crippen LogP contribution in [-0.4, -0.2) is 23.9 Å². The third-order valence-electron chi connectivity index (χ3n) is 11.4. The van der Waals surface area contributed by atoms with Gasteiger partial charge >= 0.3 is 29.8 Å². The Balaban J connectivity index is 1.72. The molecule has 0 aromatic heterocycles. The molecule has 0 heterocycles. The van der Waals surface area contributed by atoms with Crippen LogP contribution in [0.5, 0.6) is 23.0 Å². The van der Waals surface area contributed by atoms with Gasteiger partial charge in [0.25, 0.3) is 0 Å². The van der Waals surface area contributed by atoms with Crippen molar-refractivity contribution in [3.63, 3.8) is 0 Å². The molecule has 0 amide bonds. The molecule has 1 unspecified atom stereocenters. The number of benzene rings is 4. The van der Waals surface area contributed by atoms with Crippen LogP contribution < -0.4 is 18.9 Å². The van der Waals surface area contributed by atoms with Gasteiger partial charge in [0.1, 0.15) is 28.8 Å². The summed E-state index contributed by atoms with van der Waals surface area (Å²) in [6, 6.07) is 28.6. The van der Waals surface area contributed by atoms with Gasteiger partial charge < -0.3 is 28.4 Å². The van der Waals surface area contributed by atoms with Crippen molar-refractivity contribution < 1.29 is 47.6 Å². The van der Waals surface area contributed by atoms with E-state index in [1.54, 1.807) is 67.6 Å². The Labute approximate surface area is 521 Å². The number of hydrogen-bond acceptors (Lipinski definition) is 10. The first-order chi connectivity index (χ1) is 43.5. The summed E-state index contributed by atoms with van der Waals surface area (Å²) in [6.07, 6.45) is 0.746. The highest BCUT2D eigenvalue weighted by Crippen LogP contribution is 2.40. The second-order valence-electron chi connectivity index (χ2n) is 18.1. The number of ether oxygens (including phenoxy) is 6. The van der Waals surface area contributed by atoms with Crippen LogP contribution in [0, 0.1) is 0 Å². The maximum atomic E-state index is 13.9. The average molecular weight is 1170 g/mol. The van der Waals surface area contributed by atoms with Crippen LogP contribution in [-0.2, 0) is 39.5 Å². The lowest BCUT2D eigenvalue weighted by atomic mass is 9.73. The van der Waals surface area contributed by atoms with Crippen LogP contribution in [0.15, 0.2) is 329 Å². The quantitative estimate of drug-likeness (QED) is 0.0412. The average Bonchev–Trinajstić information content (AvgIpc) is 0.845. The van der Waals surface area contributed by atoms with Crippen LogP contribution in [0.25, 0.3) is 0 Å². The van der Waals surface area contributed by atoms with Crippen LogP contribution >= 0.6 is 0 Å². The predicted molar refractivity (Wildman–Crippen MR) is 331 cm³/mol. The topological polar surface area (TPSA) is 124 Å². The Bertz CT molecular complexity index is 4690. The zero-order valence-electron chi connectivity index (χ0n) is 49.8. The van der Waals surface area contributed by atoms with Crippen molar-refractivity contribution in [1.29, 1.82) is 0 Å². The number of esters is 4. The molecule has 0 spiro atoms. The van der Waals surface area contributed by atoms with E-state index in [1.807, 2.05) is 43.3 Å². The van der Waals surface area contributed by atoms with Gasteiger partial charge in [-0.2, -0.15) is 0 Å². The summed E-state index contributed by atoms with van der Waals surface area (Å²) in [4.78, 5) is 49.1. The summed E-state index contributed by atoms with van der Waals surface area (Å²) in [5.41, 5.74) is 87.5. The van der Waals surface area contributed by atoms with E-state index in [4.69, 9.17) is 28.4 Å². The first kappa shape index (κ1) is 68.6. The maximum absolute atomic E-state index is 13.9. The zero-order valence-corrected chi connectivity index (χ0v) is 49.8. The molecule has 0 aliphatic carbocycles. The summed E-state index contributed by atoms with van der Waals surface area (Å²) in [6.45, 7) is 21.0.